The van der Waals surface area contributed by atoms with E-state index in [0.717, 1.165) is 36.6 Å². The lowest BCUT2D eigenvalue weighted by atomic mass is 9.88. The van der Waals surface area contributed by atoms with Crippen LogP contribution in [0.3, 0.4) is 0 Å². The lowest BCUT2D eigenvalue weighted by molar-refractivity contribution is 0.352. The van der Waals surface area contributed by atoms with Gasteiger partial charge < -0.3 is 4.74 Å². The molecule has 0 radical (unpaired) electrons. The van der Waals surface area contributed by atoms with Gasteiger partial charge in [-0.25, -0.2) is 0 Å². The Labute approximate surface area is 90.9 Å². The van der Waals surface area contributed by atoms with Crippen LogP contribution in [0.4, 0.5) is 0 Å². The number of aryl methyl sites for hydroxylation is 1. The van der Waals surface area contributed by atoms with E-state index in [1.807, 2.05) is 6.92 Å². The average Bonchev–Trinajstić information content (AvgIpc) is 2.57. The number of ether oxygens (including phenoxy) is 1. The number of fused-ring (bicyclic) bond motifs is 1. The van der Waals surface area contributed by atoms with Gasteiger partial charge in [0.1, 0.15) is 11.4 Å². The van der Waals surface area contributed by atoms with Crippen LogP contribution in [0.15, 0.2) is 0 Å². The second kappa shape index (κ2) is 3.47. The van der Waals surface area contributed by atoms with Gasteiger partial charge in [0, 0.05) is 12.0 Å². The standard InChI is InChI=1S/C12H18N2O/c1-8-11-9(5-6-15-11)10(14-13-8)7-12(2,3)4/h5-7H2,1-4H3. The molecular formula is C12H18N2O. The van der Waals surface area contributed by atoms with E-state index in [-0.39, 0.29) is 5.41 Å². The van der Waals surface area contributed by atoms with Gasteiger partial charge in [-0.2, -0.15) is 10.2 Å². The lowest BCUT2D eigenvalue weighted by Gasteiger charge is -2.18. The van der Waals surface area contributed by atoms with E-state index in [0.29, 0.717) is 0 Å². The molecule has 0 fully saturated rings. The lowest BCUT2D eigenvalue weighted by Crippen LogP contribution is -2.13. The zero-order valence-electron chi connectivity index (χ0n) is 9.92. The summed E-state index contributed by atoms with van der Waals surface area (Å²) >= 11 is 0. The van der Waals surface area contributed by atoms with Crippen LogP contribution in [0.5, 0.6) is 5.75 Å². The van der Waals surface area contributed by atoms with Crippen molar-refractivity contribution in [2.24, 2.45) is 5.41 Å². The third kappa shape index (κ3) is 2.11. The monoisotopic (exact) mass is 206 g/mol. The Hall–Kier alpha value is -1.12. The summed E-state index contributed by atoms with van der Waals surface area (Å²) in [5.41, 5.74) is 3.55. The molecule has 82 valence electrons. The third-order valence-electron chi connectivity index (χ3n) is 2.57. The molecule has 0 atom stereocenters. The maximum Gasteiger partial charge on any atom is 0.147 e. The summed E-state index contributed by atoms with van der Waals surface area (Å²) in [5, 5.41) is 8.47. The zero-order valence-corrected chi connectivity index (χ0v) is 9.92. The van der Waals surface area contributed by atoms with Crippen LogP contribution in [0.25, 0.3) is 0 Å². The first kappa shape index (κ1) is 10.4. The van der Waals surface area contributed by atoms with Crippen molar-refractivity contribution in [2.75, 3.05) is 6.61 Å². The fourth-order valence-corrected chi connectivity index (χ4v) is 1.94. The van der Waals surface area contributed by atoms with E-state index in [4.69, 9.17) is 4.74 Å². The number of aromatic nitrogens is 2. The molecule has 1 aromatic rings. The summed E-state index contributed by atoms with van der Waals surface area (Å²) in [6.45, 7) is 9.39. The first-order valence-corrected chi connectivity index (χ1v) is 5.45. The van der Waals surface area contributed by atoms with Gasteiger partial charge >= 0.3 is 0 Å². The van der Waals surface area contributed by atoms with Crippen molar-refractivity contribution in [1.29, 1.82) is 0 Å². The van der Waals surface area contributed by atoms with E-state index < -0.39 is 0 Å². The highest BCUT2D eigenvalue weighted by Crippen LogP contribution is 2.32. The smallest absolute Gasteiger partial charge is 0.147 e. The first-order chi connectivity index (χ1) is 6.97. The van der Waals surface area contributed by atoms with E-state index in [1.165, 1.54) is 5.56 Å². The third-order valence-corrected chi connectivity index (χ3v) is 2.57. The van der Waals surface area contributed by atoms with Gasteiger partial charge in [0.15, 0.2) is 0 Å². The number of nitrogens with zero attached hydrogens (tertiary/aromatic N) is 2. The maximum atomic E-state index is 5.58. The van der Waals surface area contributed by atoms with Gasteiger partial charge in [0.2, 0.25) is 0 Å². The summed E-state index contributed by atoms with van der Waals surface area (Å²) in [4.78, 5) is 0. The van der Waals surface area contributed by atoms with Crippen LogP contribution in [0, 0.1) is 12.3 Å². The molecule has 0 aliphatic carbocycles. The molecule has 2 rings (SSSR count). The minimum absolute atomic E-state index is 0.250. The van der Waals surface area contributed by atoms with Crippen LogP contribution in [0.1, 0.15) is 37.7 Å². The average molecular weight is 206 g/mol. The maximum absolute atomic E-state index is 5.58. The van der Waals surface area contributed by atoms with Crippen molar-refractivity contribution in [1.82, 2.24) is 10.2 Å². The molecule has 0 N–H and O–H groups in total. The number of hydrogen-bond donors (Lipinski definition) is 0. The molecule has 0 saturated carbocycles. The van der Waals surface area contributed by atoms with Gasteiger partial charge in [-0.3, -0.25) is 0 Å². The molecule has 3 nitrogen and oxygen atoms in total. The summed E-state index contributed by atoms with van der Waals surface area (Å²) in [6.07, 6.45) is 1.95. The highest BCUT2D eigenvalue weighted by molar-refractivity contribution is 5.41. The fraction of sp³-hybridized carbons (Fsp3) is 0.667. The van der Waals surface area contributed by atoms with Crippen LogP contribution in [0.2, 0.25) is 0 Å². The SMILES string of the molecule is Cc1nnc(CC(C)(C)C)c2c1OCC2. The van der Waals surface area contributed by atoms with Gasteiger partial charge in [0.25, 0.3) is 0 Å². The van der Waals surface area contributed by atoms with Gasteiger partial charge in [-0.05, 0) is 18.8 Å². The quantitative estimate of drug-likeness (QED) is 0.707. The molecule has 0 unspecified atom stereocenters. The van der Waals surface area contributed by atoms with Crippen LogP contribution in [-0.2, 0) is 12.8 Å². The van der Waals surface area contributed by atoms with Crippen LogP contribution in [-0.4, -0.2) is 16.8 Å². The van der Waals surface area contributed by atoms with E-state index in [9.17, 15) is 0 Å². The fourth-order valence-electron chi connectivity index (χ4n) is 1.94. The Morgan fingerprint density at radius 2 is 2.00 bits per heavy atom. The molecular weight excluding hydrogens is 188 g/mol. The van der Waals surface area contributed by atoms with Crippen molar-refractivity contribution in [3.8, 4) is 5.75 Å². The van der Waals surface area contributed by atoms with Gasteiger partial charge in [0.05, 0.1) is 12.3 Å². The molecule has 2 heterocycles. The van der Waals surface area contributed by atoms with Crippen molar-refractivity contribution in [2.45, 2.75) is 40.5 Å². The summed E-state index contributed by atoms with van der Waals surface area (Å²) in [7, 11) is 0. The van der Waals surface area contributed by atoms with Crippen LogP contribution < -0.4 is 4.74 Å². The Bertz CT molecular complexity index is 380. The van der Waals surface area contributed by atoms with E-state index >= 15 is 0 Å². The van der Waals surface area contributed by atoms with E-state index in [1.54, 1.807) is 0 Å². The molecule has 0 aromatic carbocycles. The summed E-state index contributed by atoms with van der Waals surface area (Å²) in [6, 6.07) is 0. The molecule has 3 heteroatoms. The molecule has 1 aliphatic rings. The van der Waals surface area contributed by atoms with Crippen molar-refractivity contribution < 1.29 is 4.74 Å². The summed E-state index contributed by atoms with van der Waals surface area (Å²) < 4.78 is 5.58. The molecule has 1 aromatic heterocycles. The second-order valence-corrected chi connectivity index (χ2v) is 5.38. The van der Waals surface area contributed by atoms with Crippen molar-refractivity contribution in [3.63, 3.8) is 0 Å². The highest BCUT2D eigenvalue weighted by atomic mass is 16.5. The minimum Gasteiger partial charge on any atom is -0.491 e. The number of hydrogen-bond acceptors (Lipinski definition) is 3. The normalized spacial score (nSPS) is 14.9. The van der Waals surface area contributed by atoms with E-state index in [2.05, 4.69) is 31.0 Å². The zero-order chi connectivity index (χ0) is 11.1. The molecule has 0 amide bonds. The molecule has 15 heavy (non-hydrogen) atoms. The predicted octanol–water partition coefficient (Wildman–Crippen LogP) is 2.31. The first-order valence-electron chi connectivity index (χ1n) is 5.45. The number of rotatable bonds is 1. The minimum atomic E-state index is 0.250. The highest BCUT2D eigenvalue weighted by Gasteiger charge is 2.23. The Morgan fingerprint density at radius 1 is 1.27 bits per heavy atom. The van der Waals surface area contributed by atoms with Crippen LogP contribution >= 0.6 is 0 Å². The van der Waals surface area contributed by atoms with Crippen molar-refractivity contribution in [3.05, 3.63) is 17.0 Å². The second-order valence-electron chi connectivity index (χ2n) is 5.38. The molecule has 1 aliphatic heterocycles. The summed E-state index contributed by atoms with van der Waals surface area (Å²) in [5.74, 6) is 0.976. The topological polar surface area (TPSA) is 35.0 Å². The molecule has 0 saturated heterocycles. The largest absolute Gasteiger partial charge is 0.491 e. The Morgan fingerprint density at radius 3 is 2.67 bits per heavy atom. The Kier molecular flexibility index (Phi) is 2.41. The molecule has 0 spiro atoms. The van der Waals surface area contributed by atoms with Gasteiger partial charge in [-0.15, -0.1) is 0 Å². The van der Waals surface area contributed by atoms with Crippen molar-refractivity contribution >= 4 is 0 Å². The predicted molar refractivity (Wildman–Crippen MR) is 59.1 cm³/mol. The Balaban J connectivity index is 2.38. The van der Waals surface area contributed by atoms with Gasteiger partial charge in [-0.1, -0.05) is 20.8 Å². The molecule has 0 bridgehead atoms.